The van der Waals surface area contributed by atoms with Gasteiger partial charge >= 0.3 is 0 Å². The van der Waals surface area contributed by atoms with E-state index in [0.29, 0.717) is 11.3 Å². The van der Waals surface area contributed by atoms with E-state index < -0.39 is 0 Å². The van der Waals surface area contributed by atoms with Crippen LogP contribution in [-0.4, -0.2) is 35.5 Å². The number of carbonyl (C=O) groups excluding carboxylic acids is 1. The highest BCUT2D eigenvalue weighted by Gasteiger charge is 2.31. The minimum Gasteiger partial charge on any atom is -0.507 e. The molecular weight excluding hydrogens is 242 g/mol. The summed E-state index contributed by atoms with van der Waals surface area (Å²) in [5, 5.41) is 10.1. The van der Waals surface area contributed by atoms with Gasteiger partial charge in [0.2, 0.25) is 5.78 Å². The summed E-state index contributed by atoms with van der Waals surface area (Å²) >= 11 is 0. The van der Waals surface area contributed by atoms with Crippen LogP contribution >= 0.6 is 0 Å². The molecule has 1 unspecified atom stereocenters. The van der Waals surface area contributed by atoms with Crippen molar-refractivity contribution in [1.29, 1.82) is 0 Å². The molecule has 4 heteroatoms. The molecular formula is C15H19NO3. The second-order valence-corrected chi connectivity index (χ2v) is 5.36. The zero-order chi connectivity index (χ0) is 13.4. The van der Waals surface area contributed by atoms with Gasteiger partial charge < -0.3 is 9.84 Å². The lowest BCUT2D eigenvalue weighted by Gasteiger charge is -2.33. The predicted molar refractivity (Wildman–Crippen MR) is 71.8 cm³/mol. The minimum absolute atomic E-state index is 0.00194. The number of aromatic hydroxyl groups is 1. The number of Topliss-reactive ketones (excluding diaryl/α,β-unsaturated/α-hetero) is 1. The maximum absolute atomic E-state index is 11.7. The molecule has 1 aromatic carbocycles. The lowest BCUT2D eigenvalue weighted by molar-refractivity contribution is 0.0960. The molecule has 0 amide bonds. The third-order valence-corrected chi connectivity index (χ3v) is 4.18. The zero-order valence-electron chi connectivity index (χ0n) is 11.2. The number of hydrogen-bond acceptors (Lipinski definition) is 4. The number of hydrogen-bond donors (Lipinski definition) is 1. The fraction of sp³-hybridized carbons (Fsp3) is 0.533. The highest BCUT2D eigenvalue weighted by atomic mass is 16.5. The predicted octanol–water partition coefficient (Wildman–Crippen LogP) is 2.51. The van der Waals surface area contributed by atoms with E-state index in [9.17, 15) is 9.90 Å². The van der Waals surface area contributed by atoms with Crippen LogP contribution < -0.4 is 4.74 Å². The van der Waals surface area contributed by atoms with Gasteiger partial charge in [0.05, 0.1) is 11.1 Å². The normalized spacial score (nSPS) is 21.0. The van der Waals surface area contributed by atoms with Gasteiger partial charge in [-0.05, 0) is 45.0 Å². The first-order chi connectivity index (χ1) is 9.18. The Morgan fingerprint density at radius 3 is 2.74 bits per heavy atom. The lowest BCUT2D eigenvalue weighted by atomic mass is 9.98. The molecule has 0 aromatic heterocycles. The first-order valence-electron chi connectivity index (χ1n) is 6.94. The molecule has 0 bridgehead atoms. The van der Waals surface area contributed by atoms with Gasteiger partial charge in [-0.2, -0.15) is 0 Å². The van der Waals surface area contributed by atoms with Crippen molar-refractivity contribution in [2.75, 3.05) is 19.7 Å². The smallest absolute Gasteiger partial charge is 0.203 e. The van der Waals surface area contributed by atoms with Crippen molar-refractivity contribution < 1.29 is 14.6 Å². The molecule has 0 spiro atoms. The molecule has 1 fully saturated rings. The molecule has 3 rings (SSSR count). The molecule has 1 N–H and O–H groups in total. The van der Waals surface area contributed by atoms with E-state index in [0.717, 1.165) is 18.7 Å². The molecule has 2 aliphatic heterocycles. The Bertz CT molecular complexity index is 506. The fourth-order valence-corrected chi connectivity index (χ4v) is 3.07. The molecule has 19 heavy (non-hydrogen) atoms. The third-order valence-electron chi connectivity index (χ3n) is 4.18. The molecule has 102 valence electrons. The fourth-order valence-electron chi connectivity index (χ4n) is 3.07. The number of carbonyl (C=O) groups is 1. The second-order valence-electron chi connectivity index (χ2n) is 5.36. The van der Waals surface area contributed by atoms with Crippen molar-refractivity contribution >= 4 is 5.78 Å². The number of fused-ring (bicyclic) bond motifs is 1. The topological polar surface area (TPSA) is 49.8 Å². The third kappa shape index (κ3) is 2.10. The largest absolute Gasteiger partial charge is 0.507 e. The van der Waals surface area contributed by atoms with Crippen LogP contribution in [0.1, 0.15) is 48.1 Å². The average Bonchev–Trinajstić information content (AvgIpc) is 2.80. The number of nitrogens with zero attached hydrogens (tertiary/aromatic N) is 1. The quantitative estimate of drug-likeness (QED) is 0.888. The van der Waals surface area contributed by atoms with E-state index in [4.69, 9.17) is 4.74 Å². The summed E-state index contributed by atoms with van der Waals surface area (Å²) in [7, 11) is 0. The SMILES string of the molecule is CC(c1c(O)ccc2c1OCC2=O)N1CCCCC1. The Labute approximate surface area is 113 Å². The van der Waals surface area contributed by atoms with E-state index in [2.05, 4.69) is 11.8 Å². The van der Waals surface area contributed by atoms with Crippen molar-refractivity contribution in [2.24, 2.45) is 0 Å². The Balaban J connectivity index is 1.97. The number of rotatable bonds is 2. The van der Waals surface area contributed by atoms with Crippen molar-refractivity contribution in [3.05, 3.63) is 23.3 Å². The van der Waals surface area contributed by atoms with Gasteiger partial charge in [0.1, 0.15) is 11.5 Å². The Kier molecular flexibility index (Phi) is 3.19. The van der Waals surface area contributed by atoms with E-state index in [1.807, 2.05) is 0 Å². The minimum atomic E-state index is 0.00194. The maximum Gasteiger partial charge on any atom is 0.203 e. The van der Waals surface area contributed by atoms with Crippen molar-refractivity contribution in [3.8, 4) is 11.5 Å². The van der Waals surface area contributed by atoms with Gasteiger partial charge in [-0.25, -0.2) is 0 Å². The molecule has 1 atom stereocenters. The van der Waals surface area contributed by atoms with Gasteiger partial charge in [0.25, 0.3) is 0 Å². The number of ether oxygens (including phenoxy) is 1. The second kappa shape index (κ2) is 4.85. The van der Waals surface area contributed by atoms with Gasteiger partial charge in [-0.15, -0.1) is 0 Å². The Morgan fingerprint density at radius 2 is 2.00 bits per heavy atom. The molecule has 0 aliphatic carbocycles. The number of phenolic OH excluding ortho intramolecular Hbond substituents is 1. The number of piperidine rings is 1. The Hall–Kier alpha value is -1.55. The zero-order valence-corrected chi connectivity index (χ0v) is 11.2. The highest BCUT2D eigenvalue weighted by Crippen LogP contribution is 2.41. The van der Waals surface area contributed by atoms with Crippen molar-refractivity contribution in [1.82, 2.24) is 4.90 Å². The summed E-state index contributed by atoms with van der Waals surface area (Å²) in [5.41, 5.74) is 1.38. The molecule has 2 heterocycles. The molecule has 1 saturated heterocycles. The number of phenols is 1. The van der Waals surface area contributed by atoms with Crippen molar-refractivity contribution in [3.63, 3.8) is 0 Å². The van der Waals surface area contributed by atoms with Crippen LogP contribution in [-0.2, 0) is 0 Å². The lowest BCUT2D eigenvalue weighted by Crippen LogP contribution is -2.32. The van der Waals surface area contributed by atoms with Crippen molar-refractivity contribution in [2.45, 2.75) is 32.2 Å². The van der Waals surface area contributed by atoms with Gasteiger partial charge in [0.15, 0.2) is 6.61 Å². The monoisotopic (exact) mass is 261 g/mol. The highest BCUT2D eigenvalue weighted by molar-refractivity contribution is 6.03. The van der Waals surface area contributed by atoms with Gasteiger partial charge in [-0.3, -0.25) is 9.69 Å². The molecule has 4 nitrogen and oxygen atoms in total. The number of ketones is 1. The van der Waals surface area contributed by atoms with Crippen LogP contribution in [0.5, 0.6) is 11.5 Å². The first-order valence-corrected chi connectivity index (χ1v) is 6.94. The van der Waals surface area contributed by atoms with Crippen LogP contribution in [0.4, 0.5) is 0 Å². The van der Waals surface area contributed by atoms with Crippen LogP contribution in [0.3, 0.4) is 0 Å². The average molecular weight is 261 g/mol. The molecule has 1 aromatic rings. The molecule has 0 radical (unpaired) electrons. The summed E-state index contributed by atoms with van der Waals surface area (Å²) in [6.07, 6.45) is 3.66. The van der Waals surface area contributed by atoms with Gasteiger partial charge in [0, 0.05) is 6.04 Å². The van der Waals surface area contributed by atoms with Crippen LogP contribution in [0.15, 0.2) is 12.1 Å². The molecule has 0 saturated carbocycles. The van der Waals surface area contributed by atoms with E-state index >= 15 is 0 Å². The summed E-state index contributed by atoms with van der Waals surface area (Å²) in [4.78, 5) is 14.1. The molecule has 2 aliphatic rings. The summed E-state index contributed by atoms with van der Waals surface area (Å²) in [6, 6.07) is 3.36. The summed E-state index contributed by atoms with van der Waals surface area (Å²) < 4.78 is 5.50. The Morgan fingerprint density at radius 1 is 1.26 bits per heavy atom. The number of benzene rings is 1. The standard InChI is InChI=1S/C15H19NO3/c1-10(16-7-3-2-4-8-16)14-12(17)6-5-11-13(18)9-19-15(11)14/h5-6,10,17H,2-4,7-9H2,1H3. The van der Waals surface area contributed by atoms with E-state index in [-0.39, 0.29) is 24.2 Å². The maximum atomic E-state index is 11.7. The first kappa shape index (κ1) is 12.5. The summed E-state index contributed by atoms with van der Waals surface area (Å²) in [6.45, 7) is 4.25. The number of likely N-dealkylation sites (tertiary alicyclic amines) is 1. The summed E-state index contributed by atoms with van der Waals surface area (Å²) in [5.74, 6) is 0.816. The van der Waals surface area contributed by atoms with E-state index in [1.165, 1.54) is 19.3 Å². The van der Waals surface area contributed by atoms with Gasteiger partial charge in [-0.1, -0.05) is 6.42 Å². The van der Waals surface area contributed by atoms with Crippen LogP contribution in [0.2, 0.25) is 0 Å². The van der Waals surface area contributed by atoms with E-state index in [1.54, 1.807) is 12.1 Å². The van der Waals surface area contributed by atoms with Crippen LogP contribution in [0, 0.1) is 0 Å². The van der Waals surface area contributed by atoms with Crippen LogP contribution in [0.25, 0.3) is 0 Å².